The van der Waals surface area contributed by atoms with Gasteiger partial charge in [0.15, 0.2) is 4.96 Å². The lowest BCUT2D eigenvalue weighted by atomic mass is 10.2. The van der Waals surface area contributed by atoms with Crippen LogP contribution in [0, 0.1) is 0 Å². The maximum Gasteiger partial charge on any atom is 0.228 e. The van der Waals surface area contributed by atoms with E-state index in [-0.39, 0.29) is 5.91 Å². The zero-order valence-electron chi connectivity index (χ0n) is 13.2. The number of benzene rings is 1. The molecule has 0 N–H and O–H groups in total. The Labute approximate surface area is 139 Å². The van der Waals surface area contributed by atoms with Crippen LogP contribution in [0.1, 0.15) is 18.2 Å². The molecule has 0 bridgehead atoms. The van der Waals surface area contributed by atoms with Gasteiger partial charge in [0.1, 0.15) is 5.75 Å². The molecule has 0 saturated heterocycles. The Kier molecular flexibility index (Phi) is 4.62. The first-order valence-electron chi connectivity index (χ1n) is 7.51. The van der Waals surface area contributed by atoms with Crippen molar-refractivity contribution in [1.82, 2.24) is 14.3 Å². The van der Waals surface area contributed by atoms with Crippen molar-refractivity contribution in [2.75, 3.05) is 13.7 Å². The fourth-order valence-electron chi connectivity index (χ4n) is 2.46. The van der Waals surface area contributed by atoms with Gasteiger partial charge >= 0.3 is 0 Å². The Bertz CT molecular complexity index is 763. The van der Waals surface area contributed by atoms with Crippen LogP contribution in [-0.4, -0.2) is 33.8 Å². The van der Waals surface area contributed by atoms with Crippen LogP contribution in [0.4, 0.5) is 0 Å². The van der Waals surface area contributed by atoms with E-state index in [9.17, 15) is 4.79 Å². The van der Waals surface area contributed by atoms with E-state index in [1.807, 2.05) is 58.3 Å². The van der Waals surface area contributed by atoms with Crippen LogP contribution < -0.4 is 4.74 Å². The number of rotatable bonds is 6. The fraction of sp³-hybridized carbons (Fsp3) is 0.294. The molecular weight excluding hydrogens is 310 g/mol. The van der Waals surface area contributed by atoms with Crippen molar-refractivity contribution < 1.29 is 9.53 Å². The topological polar surface area (TPSA) is 46.8 Å². The maximum atomic E-state index is 12.5. The minimum Gasteiger partial charge on any atom is -0.497 e. The summed E-state index contributed by atoms with van der Waals surface area (Å²) in [6, 6.07) is 7.80. The number of carbonyl (C=O) groups is 1. The van der Waals surface area contributed by atoms with Gasteiger partial charge in [0.25, 0.3) is 0 Å². The second kappa shape index (κ2) is 6.83. The standard InChI is InChI=1S/C17H19N3O2S/c1-3-19(11-13-4-6-15(22-2)7-5-13)16(21)10-14-12-20-8-9-23-17(20)18-14/h4-9,12H,3,10-11H2,1-2H3. The van der Waals surface area contributed by atoms with Crippen molar-refractivity contribution in [2.24, 2.45) is 0 Å². The molecule has 5 nitrogen and oxygen atoms in total. The van der Waals surface area contributed by atoms with Gasteiger partial charge in [0.05, 0.1) is 19.2 Å². The fourth-order valence-corrected chi connectivity index (χ4v) is 3.17. The summed E-state index contributed by atoms with van der Waals surface area (Å²) in [5.41, 5.74) is 1.90. The van der Waals surface area contributed by atoms with Crippen LogP contribution in [-0.2, 0) is 17.8 Å². The van der Waals surface area contributed by atoms with Crippen molar-refractivity contribution in [3.8, 4) is 5.75 Å². The number of ether oxygens (including phenoxy) is 1. The van der Waals surface area contributed by atoms with Gasteiger partial charge in [0, 0.05) is 30.9 Å². The lowest BCUT2D eigenvalue weighted by Gasteiger charge is -2.20. The number of aromatic nitrogens is 2. The average Bonchev–Trinajstić information content (AvgIpc) is 3.14. The van der Waals surface area contributed by atoms with Gasteiger partial charge in [-0.15, -0.1) is 11.3 Å². The summed E-state index contributed by atoms with van der Waals surface area (Å²) in [6.07, 6.45) is 4.21. The molecule has 0 atom stereocenters. The Morgan fingerprint density at radius 3 is 2.78 bits per heavy atom. The van der Waals surface area contributed by atoms with E-state index in [1.54, 1.807) is 18.4 Å². The second-order valence-corrected chi connectivity index (χ2v) is 6.13. The van der Waals surface area contributed by atoms with Crippen LogP contribution >= 0.6 is 11.3 Å². The molecular formula is C17H19N3O2S. The van der Waals surface area contributed by atoms with E-state index < -0.39 is 0 Å². The molecule has 1 aromatic carbocycles. The summed E-state index contributed by atoms with van der Waals surface area (Å²) in [5.74, 6) is 0.912. The summed E-state index contributed by atoms with van der Waals surface area (Å²) < 4.78 is 7.11. The Morgan fingerprint density at radius 1 is 1.35 bits per heavy atom. The summed E-state index contributed by atoms with van der Waals surface area (Å²) in [6.45, 7) is 3.27. The molecule has 0 unspecified atom stereocenters. The summed E-state index contributed by atoms with van der Waals surface area (Å²) in [4.78, 5) is 19.8. The zero-order valence-corrected chi connectivity index (χ0v) is 14.0. The number of carbonyl (C=O) groups excluding carboxylic acids is 1. The smallest absolute Gasteiger partial charge is 0.228 e. The highest BCUT2D eigenvalue weighted by atomic mass is 32.1. The molecule has 0 fully saturated rings. The Hall–Kier alpha value is -2.34. The third-order valence-corrected chi connectivity index (χ3v) is 4.51. The average molecular weight is 329 g/mol. The number of fused-ring (bicyclic) bond motifs is 1. The summed E-state index contributed by atoms with van der Waals surface area (Å²) in [7, 11) is 1.65. The molecule has 23 heavy (non-hydrogen) atoms. The van der Waals surface area contributed by atoms with E-state index in [2.05, 4.69) is 4.98 Å². The first-order valence-corrected chi connectivity index (χ1v) is 8.39. The van der Waals surface area contributed by atoms with Crippen LogP contribution in [0.5, 0.6) is 5.75 Å². The molecule has 0 saturated carbocycles. The first kappa shape index (κ1) is 15.6. The maximum absolute atomic E-state index is 12.5. The first-order chi connectivity index (χ1) is 11.2. The van der Waals surface area contributed by atoms with Gasteiger partial charge < -0.3 is 9.64 Å². The number of hydrogen-bond donors (Lipinski definition) is 0. The molecule has 0 radical (unpaired) electrons. The Balaban J connectivity index is 1.66. The van der Waals surface area contributed by atoms with Gasteiger partial charge in [-0.3, -0.25) is 9.20 Å². The predicted octanol–water partition coefficient (Wildman–Crippen LogP) is 3.00. The monoisotopic (exact) mass is 329 g/mol. The zero-order chi connectivity index (χ0) is 16.2. The molecule has 0 aliphatic rings. The number of likely N-dealkylation sites (N-methyl/N-ethyl adjacent to an activating group) is 1. The van der Waals surface area contributed by atoms with Crippen molar-refractivity contribution in [3.05, 3.63) is 53.3 Å². The molecule has 0 spiro atoms. The molecule has 2 heterocycles. The number of hydrogen-bond acceptors (Lipinski definition) is 4. The van der Waals surface area contributed by atoms with Gasteiger partial charge in [-0.2, -0.15) is 0 Å². The molecule has 1 amide bonds. The number of methoxy groups -OCH3 is 1. The lowest BCUT2D eigenvalue weighted by Crippen LogP contribution is -2.31. The number of nitrogens with zero attached hydrogens (tertiary/aromatic N) is 3. The van der Waals surface area contributed by atoms with E-state index in [4.69, 9.17) is 4.74 Å². The van der Waals surface area contributed by atoms with Crippen molar-refractivity contribution in [2.45, 2.75) is 19.9 Å². The molecule has 0 aliphatic heterocycles. The number of imidazole rings is 1. The van der Waals surface area contributed by atoms with Gasteiger partial charge in [0.2, 0.25) is 5.91 Å². The minimum atomic E-state index is 0.0917. The van der Waals surface area contributed by atoms with Gasteiger partial charge in [-0.05, 0) is 24.6 Å². The molecule has 0 aliphatic carbocycles. The van der Waals surface area contributed by atoms with E-state index in [0.29, 0.717) is 19.5 Å². The Morgan fingerprint density at radius 2 is 2.13 bits per heavy atom. The molecule has 2 aromatic heterocycles. The highest BCUT2D eigenvalue weighted by Crippen LogP contribution is 2.15. The minimum absolute atomic E-state index is 0.0917. The van der Waals surface area contributed by atoms with Crippen molar-refractivity contribution >= 4 is 22.2 Å². The number of thiazole rings is 1. The van der Waals surface area contributed by atoms with Crippen LogP contribution in [0.2, 0.25) is 0 Å². The number of amides is 1. The normalized spacial score (nSPS) is 10.9. The van der Waals surface area contributed by atoms with Crippen LogP contribution in [0.15, 0.2) is 42.0 Å². The molecule has 6 heteroatoms. The highest BCUT2D eigenvalue weighted by molar-refractivity contribution is 7.15. The van der Waals surface area contributed by atoms with E-state index in [1.165, 1.54) is 0 Å². The summed E-state index contributed by atoms with van der Waals surface area (Å²) >= 11 is 1.57. The van der Waals surface area contributed by atoms with Crippen molar-refractivity contribution in [3.63, 3.8) is 0 Å². The third kappa shape index (κ3) is 3.53. The van der Waals surface area contributed by atoms with Crippen LogP contribution in [0.25, 0.3) is 4.96 Å². The predicted molar refractivity (Wildman–Crippen MR) is 90.9 cm³/mol. The van der Waals surface area contributed by atoms with Gasteiger partial charge in [-0.25, -0.2) is 4.98 Å². The van der Waals surface area contributed by atoms with Crippen LogP contribution in [0.3, 0.4) is 0 Å². The molecule has 3 aromatic rings. The van der Waals surface area contributed by atoms with E-state index in [0.717, 1.165) is 22.0 Å². The van der Waals surface area contributed by atoms with Crippen molar-refractivity contribution in [1.29, 1.82) is 0 Å². The second-order valence-electron chi connectivity index (χ2n) is 5.26. The SMILES string of the molecule is CCN(Cc1ccc(OC)cc1)C(=O)Cc1cn2ccsc2n1. The largest absolute Gasteiger partial charge is 0.497 e. The summed E-state index contributed by atoms with van der Waals surface area (Å²) in [5, 5.41) is 1.98. The third-order valence-electron chi connectivity index (χ3n) is 3.74. The molecule has 120 valence electrons. The lowest BCUT2D eigenvalue weighted by molar-refractivity contribution is -0.130. The highest BCUT2D eigenvalue weighted by Gasteiger charge is 2.15. The molecule has 3 rings (SSSR count). The van der Waals surface area contributed by atoms with Gasteiger partial charge in [-0.1, -0.05) is 12.1 Å². The quantitative estimate of drug-likeness (QED) is 0.698. The van der Waals surface area contributed by atoms with E-state index >= 15 is 0 Å².